The highest BCUT2D eigenvalue weighted by molar-refractivity contribution is 5.94. The summed E-state index contributed by atoms with van der Waals surface area (Å²) in [5, 5.41) is 11.1. The monoisotopic (exact) mass is 481 g/mol. The molecule has 0 radical (unpaired) electrons. The molecular formula is C25H47N5O4. The van der Waals surface area contributed by atoms with Gasteiger partial charge in [0.05, 0.1) is 6.54 Å². The summed E-state index contributed by atoms with van der Waals surface area (Å²) < 4.78 is 0. The number of unbranched alkanes of at least 4 members (excludes halogenated alkanes) is 2. The molecule has 1 saturated heterocycles. The molecule has 4 unspecified atom stereocenters. The van der Waals surface area contributed by atoms with Crippen molar-refractivity contribution in [3.05, 3.63) is 0 Å². The third-order valence-corrected chi connectivity index (χ3v) is 6.35. The van der Waals surface area contributed by atoms with Crippen molar-refractivity contribution in [2.45, 2.75) is 110 Å². The minimum Gasteiger partial charge on any atom is -0.351 e. The second kappa shape index (κ2) is 16.5. The van der Waals surface area contributed by atoms with Gasteiger partial charge in [0, 0.05) is 12.5 Å². The lowest BCUT2D eigenvalue weighted by Gasteiger charge is -2.27. The van der Waals surface area contributed by atoms with E-state index >= 15 is 0 Å². The van der Waals surface area contributed by atoms with Gasteiger partial charge in [-0.15, -0.1) is 0 Å². The predicted molar refractivity (Wildman–Crippen MR) is 134 cm³/mol. The molecule has 0 bridgehead atoms. The number of carbonyl (C=O) groups excluding carboxylic acids is 4. The van der Waals surface area contributed by atoms with Gasteiger partial charge in [-0.2, -0.15) is 0 Å². The zero-order valence-electron chi connectivity index (χ0n) is 21.6. The highest BCUT2D eigenvalue weighted by Crippen LogP contribution is 2.16. The third-order valence-electron chi connectivity index (χ3n) is 6.35. The molecule has 0 spiro atoms. The summed E-state index contributed by atoms with van der Waals surface area (Å²) in [7, 11) is 0. The van der Waals surface area contributed by atoms with Crippen LogP contribution in [0.1, 0.15) is 91.9 Å². The summed E-state index contributed by atoms with van der Waals surface area (Å²) in [6.45, 7) is 8.36. The summed E-state index contributed by atoms with van der Waals surface area (Å²) in [5.41, 5.74) is 5.57. The maximum atomic E-state index is 13.1. The van der Waals surface area contributed by atoms with Gasteiger partial charge in [0.15, 0.2) is 0 Å². The van der Waals surface area contributed by atoms with E-state index in [0.29, 0.717) is 25.8 Å². The van der Waals surface area contributed by atoms with Crippen LogP contribution < -0.4 is 27.0 Å². The molecule has 1 rings (SSSR count). The van der Waals surface area contributed by atoms with Crippen LogP contribution in [-0.4, -0.2) is 54.8 Å². The first kappa shape index (κ1) is 29.9. The van der Waals surface area contributed by atoms with E-state index in [0.717, 1.165) is 25.2 Å². The molecule has 6 N–H and O–H groups in total. The SMILES string of the molecule is CCCC(C)CCCCCC1CC(=O)NCC(=O)NC(CCCN)C(=O)NC(C(C)C)C(=O)N1. The Morgan fingerprint density at radius 2 is 1.59 bits per heavy atom. The molecule has 34 heavy (non-hydrogen) atoms. The molecule has 0 aromatic heterocycles. The van der Waals surface area contributed by atoms with Gasteiger partial charge in [-0.25, -0.2) is 0 Å². The number of nitrogens with one attached hydrogen (secondary N) is 4. The summed E-state index contributed by atoms with van der Waals surface area (Å²) in [6.07, 6.45) is 8.36. The highest BCUT2D eigenvalue weighted by atomic mass is 16.2. The van der Waals surface area contributed by atoms with E-state index in [1.54, 1.807) is 0 Å². The standard InChI is InChI=1S/C25H47N5O4/c1-5-10-18(4)11-7-6-8-12-19-15-21(31)27-16-22(32)29-20(13-9-14-26)24(33)30-23(17(2)3)25(34)28-19/h17-20,23H,5-16,26H2,1-4H3,(H,27,31)(H,28,34)(H,29,32)(H,30,33). The van der Waals surface area contributed by atoms with Crippen LogP contribution in [0, 0.1) is 11.8 Å². The topological polar surface area (TPSA) is 142 Å². The van der Waals surface area contributed by atoms with Crippen LogP contribution >= 0.6 is 0 Å². The molecular weight excluding hydrogens is 434 g/mol. The molecule has 4 atom stereocenters. The van der Waals surface area contributed by atoms with Crippen molar-refractivity contribution in [1.82, 2.24) is 21.3 Å². The first-order valence-electron chi connectivity index (χ1n) is 13.0. The molecule has 0 saturated carbocycles. The normalized spacial score (nSPS) is 23.6. The van der Waals surface area contributed by atoms with Crippen molar-refractivity contribution >= 4 is 23.6 Å². The van der Waals surface area contributed by atoms with E-state index in [9.17, 15) is 19.2 Å². The van der Waals surface area contributed by atoms with Crippen molar-refractivity contribution in [2.75, 3.05) is 13.1 Å². The molecule has 1 heterocycles. The second-order valence-electron chi connectivity index (χ2n) is 10.00. The highest BCUT2D eigenvalue weighted by Gasteiger charge is 2.30. The molecule has 0 aromatic rings. The maximum absolute atomic E-state index is 13.1. The summed E-state index contributed by atoms with van der Waals surface area (Å²) >= 11 is 0. The third kappa shape index (κ3) is 11.8. The molecule has 0 aromatic carbocycles. The Morgan fingerprint density at radius 1 is 0.853 bits per heavy atom. The van der Waals surface area contributed by atoms with Crippen molar-refractivity contribution in [2.24, 2.45) is 17.6 Å². The van der Waals surface area contributed by atoms with Crippen molar-refractivity contribution in [3.8, 4) is 0 Å². The number of hydrogen-bond acceptors (Lipinski definition) is 5. The fraction of sp³-hybridized carbons (Fsp3) is 0.840. The van der Waals surface area contributed by atoms with Crippen LogP contribution in [0.3, 0.4) is 0 Å². The van der Waals surface area contributed by atoms with Crippen molar-refractivity contribution in [1.29, 1.82) is 0 Å². The second-order valence-corrected chi connectivity index (χ2v) is 10.00. The quantitative estimate of drug-likeness (QED) is 0.270. The Labute approximate surface area is 205 Å². The van der Waals surface area contributed by atoms with E-state index in [1.165, 1.54) is 19.3 Å². The smallest absolute Gasteiger partial charge is 0.243 e. The summed E-state index contributed by atoms with van der Waals surface area (Å²) in [6, 6.07) is -1.92. The Balaban J connectivity index is 2.86. The number of amides is 4. The van der Waals surface area contributed by atoms with E-state index in [2.05, 4.69) is 35.1 Å². The number of hydrogen-bond donors (Lipinski definition) is 5. The van der Waals surface area contributed by atoms with Crippen LogP contribution in [0.25, 0.3) is 0 Å². The number of rotatable bonds is 12. The molecule has 1 fully saturated rings. The minimum absolute atomic E-state index is 0.0978. The van der Waals surface area contributed by atoms with Gasteiger partial charge in [0.25, 0.3) is 0 Å². The molecule has 1 aliphatic rings. The Morgan fingerprint density at radius 3 is 2.24 bits per heavy atom. The van der Waals surface area contributed by atoms with Crippen molar-refractivity contribution in [3.63, 3.8) is 0 Å². The molecule has 9 nitrogen and oxygen atoms in total. The fourth-order valence-electron chi connectivity index (χ4n) is 4.31. The van der Waals surface area contributed by atoms with Gasteiger partial charge >= 0.3 is 0 Å². The van der Waals surface area contributed by atoms with Crippen LogP contribution in [0.15, 0.2) is 0 Å². The average molecular weight is 482 g/mol. The Kier molecular flexibility index (Phi) is 14.5. The fourth-order valence-corrected chi connectivity index (χ4v) is 4.31. The molecule has 9 heteroatoms. The molecule has 1 aliphatic heterocycles. The van der Waals surface area contributed by atoms with Crippen LogP contribution in [0.2, 0.25) is 0 Å². The summed E-state index contributed by atoms with van der Waals surface area (Å²) in [4.78, 5) is 50.8. The Bertz CT molecular complexity index is 655. The van der Waals surface area contributed by atoms with Gasteiger partial charge < -0.3 is 27.0 Å². The van der Waals surface area contributed by atoms with Crippen LogP contribution in [0.4, 0.5) is 0 Å². The predicted octanol–water partition coefficient (Wildman–Crippen LogP) is 1.74. The lowest BCUT2D eigenvalue weighted by Crippen LogP contribution is -2.56. The summed E-state index contributed by atoms with van der Waals surface area (Å²) in [5.74, 6) is -0.900. The molecule has 4 amide bonds. The maximum Gasteiger partial charge on any atom is 0.243 e. The number of carbonyl (C=O) groups is 4. The molecule has 0 aliphatic carbocycles. The largest absolute Gasteiger partial charge is 0.351 e. The zero-order chi connectivity index (χ0) is 25.5. The molecule has 196 valence electrons. The van der Waals surface area contributed by atoms with Gasteiger partial charge in [-0.1, -0.05) is 66.2 Å². The van der Waals surface area contributed by atoms with E-state index in [1.807, 2.05) is 13.8 Å². The lowest BCUT2D eigenvalue weighted by molar-refractivity contribution is -0.133. The van der Waals surface area contributed by atoms with Crippen LogP contribution in [0.5, 0.6) is 0 Å². The first-order valence-corrected chi connectivity index (χ1v) is 13.0. The number of nitrogens with two attached hydrogens (primary N) is 1. The Hall–Kier alpha value is -2.16. The van der Waals surface area contributed by atoms with Gasteiger partial charge in [0.1, 0.15) is 12.1 Å². The van der Waals surface area contributed by atoms with E-state index in [-0.39, 0.29) is 36.7 Å². The lowest BCUT2D eigenvalue weighted by atomic mass is 9.96. The van der Waals surface area contributed by atoms with E-state index in [4.69, 9.17) is 5.73 Å². The van der Waals surface area contributed by atoms with Gasteiger partial charge in [-0.05, 0) is 37.6 Å². The minimum atomic E-state index is -0.811. The average Bonchev–Trinajstić information content (AvgIpc) is 2.78. The van der Waals surface area contributed by atoms with Crippen LogP contribution in [-0.2, 0) is 19.2 Å². The zero-order valence-corrected chi connectivity index (χ0v) is 21.6. The van der Waals surface area contributed by atoms with E-state index < -0.39 is 23.9 Å². The van der Waals surface area contributed by atoms with Gasteiger partial charge in [0.2, 0.25) is 23.6 Å². The first-order chi connectivity index (χ1) is 16.2. The van der Waals surface area contributed by atoms with Crippen molar-refractivity contribution < 1.29 is 19.2 Å². The van der Waals surface area contributed by atoms with Gasteiger partial charge in [-0.3, -0.25) is 19.2 Å².